The molecule has 48 heavy (non-hydrogen) atoms. The van der Waals surface area contributed by atoms with Crippen LogP contribution in [0.15, 0.2) is 90.3 Å². The first-order valence-corrected chi connectivity index (χ1v) is 17.6. The molecule has 3 N–H and O–H groups in total. The molecule has 1 aliphatic rings. The highest BCUT2D eigenvalue weighted by Gasteiger charge is 2.38. The summed E-state index contributed by atoms with van der Waals surface area (Å²) < 4.78 is 15.3. The van der Waals surface area contributed by atoms with E-state index in [1.54, 1.807) is 18.0 Å². The zero-order chi connectivity index (χ0) is 33.9. The van der Waals surface area contributed by atoms with Crippen LogP contribution in [0.4, 0.5) is 0 Å². The molecule has 0 spiro atoms. The molecule has 10 heteroatoms. The highest BCUT2D eigenvalue weighted by atomic mass is 32.2. The minimum absolute atomic E-state index is 0.00293. The van der Waals surface area contributed by atoms with Gasteiger partial charge in [0, 0.05) is 63.1 Å². The van der Waals surface area contributed by atoms with Gasteiger partial charge in [-0.05, 0) is 46.7 Å². The molecule has 0 bridgehead atoms. The number of thioether (sulfide) groups is 1. The van der Waals surface area contributed by atoms with Gasteiger partial charge in [-0.2, -0.15) is 0 Å². The number of ether oxygens (including phenoxy) is 2. The van der Waals surface area contributed by atoms with Crippen molar-refractivity contribution in [2.75, 3.05) is 12.3 Å². The number of nitrogens with zero attached hydrogens (tertiary/aromatic N) is 2. The van der Waals surface area contributed by atoms with E-state index in [2.05, 4.69) is 58.9 Å². The fraction of sp³-hybridized carbons (Fsp3) is 0.395. The highest BCUT2D eigenvalue weighted by molar-refractivity contribution is 7.99. The van der Waals surface area contributed by atoms with Crippen molar-refractivity contribution < 1.29 is 24.2 Å². The van der Waals surface area contributed by atoms with E-state index in [9.17, 15) is 14.7 Å². The van der Waals surface area contributed by atoms with Crippen LogP contribution < -0.4 is 10.6 Å². The zero-order valence-electron chi connectivity index (χ0n) is 27.9. The van der Waals surface area contributed by atoms with Gasteiger partial charge in [-0.3, -0.25) is 9.59 Å². The monoisotopic (exact) mass is 670 g/mol. The number of hydrogen-bond acceptors (Lipinski definition) is 7. The van der Waals surface area contributed by atoms with Crippen LogP contribution in [0.5, 0.6) is 0 Å². The maximum absolute atomic E-state index is 12.4. The van der Waals surface area contributed by atoms with Crippen LogP contribution in [0.3, 0.4) is 0 Å². The molecule has 2 heterocycles. The number of carbonyl (C=O) groups is 2. The first kappa shape index (κ1) is 35.3. The molecule has 2 amide bonds. The third-order valence-corrected chi connectivity index (χ3v) is 9.81. The Labute approximate surface area is 287 Å². The SMILES string of the molecule is CC(=O)NCCCCCC(=O)NCc1cccc(-c2ccc(C3OC(CSc4nccn4C)C(C)C(c4ccc(CO)cc4)O3)cc2)c1. The standard InChI is InChI=1S/C38H46N4O5S/c1-26-34(25-48-38-40-20-21-42(38)3)46-37(47-36(26)31-13-11-28(24-43)12-14-31)32-17-15-30(16-18-32)33-9-7-8-29(22-33)23-41-35(45)10-5-4-6-19-39-27(2)44/h7-9,11-18,20-22,26,34,36-37,43H,4-6,10,19,23-25H2,1-3H3,(H,39,44)(H,41,45). The van der Waals surface area contributed by atoms with E-state index in [1.807, 2.05) is 54.2 Å². The first-order chi connectivity index (χ1) is 23.3. The Morgan fingerprint density at radius 1 is 0.917 bits per heavy atom. The number of carbonyl (C=O) groups excluding carboxylic acids is 2. The Morgan fingerprint density at radius 3 is 2.40 bits per heavy atom. The van der Waals surface area contributed by atoms with Crippen LogP contribution in [-0.2, 0) is 39.3 Å². The predicted molar refractivity (Wildman–Crippen MR) is 188 cm³/mol. The lowest BCUT2D eigenvalue weighted by atomic mass is 9.91. The summed E-state index contributed by atoms with van der Waals surface area (Å²) in [6.45, 7) is 4.80. The molecule has 4 aromatic rings. The van der Waals surface area contributed by atoms with Gasteiger partial charge in [0.1, 0.15) is 0 Å². The smallest absolute Gasteiger partial charge is 0.220 e. The Hall–Kier alpha value is -3.96. The lowest BCUT2D eigenvalue weighted by Gasteiger charge is -2.41. The summed E-state index contributed by atoms with van der Waals surface area (Å²) in [5.74, 6) is 0.832. The number of aliphatic hydroxyl groups excluding tert-OH is 1. The van der Waals surface area contributed by atoms with E-state index in [1.165, 1.54) is 6.92 Å². The van der Waals surface area contributed by atoms with Gasteiger partial charge in [-0.25, -0.2) is 4.98 Å². The number of aliphatic hydroxyl groups is 1. The summed E-state index contributed by atoms with van der Waals surface area (Å²) >= 11 is 1.68. The van der Waals surface area contributed by atoms with Crippen molar-refractivity contribution in [3.05, 3.63) is 107 Å². The number of benzene rings is 3. The van der Waals surface area contributed by atoms with Gasteiger partial charge < -0.3 is 29.8 Å². The summed E-state index contributed by atoms with van der Waals surface area (Å²) in [6, 6.07) is 24.5. The molecule has 9 nitrogen and oxygen atoms in total. The number of aryl methyl sites for hydroxylation is 1. The van der Waals surface area contributed by atoms with Crippen LogP contribution in [0.1, 0.15) is 74.2 Å². The molecule has 0 saturated carbocycles. The molecular formula is C38H46N4O5S. The van der Waals surface area contributed by atoms with E-state index in [0.29, 0.717) is 19.5 Å². The van der Waals surface area contributed by atoms with E-state index >= 15 is 0 Å². The van der Waals surface area contributed by atoms with Gasteiger partial charge >= 0.3 is 0 Å². The lowest BCUT2D eigenvalue weighted by Crippen LogP contribution is -2.38. The summed E-state index contributed by atoms with van der Waals surface area (Å²) in [5.41, 5.74) is 6.03. The van der Waals surface area contributed by atoms with Gasteiger partial charge in [-0.1, -0.05) is 91.8 Å². The lowest BCUT2D eigenvalue weighted by molar-refractivity contribution is -0.268. The molecule has 254 valence electrons. The average Bonchev–Trinajstić information content (AvgIpc) is 3.52. The minimum Gasteiger partial charge on any atom is -0.392 e. The second kappa shape index (κ2) is 17.4. The van der Waals surface area contributed by atoms with Crippen LogP contribution in [0.25, 0.3) is 11.1 Å². The maximum atomic E-state index is 12.4. The topological polar surface area (TPSA) is 115 Å². The van der Waals surface area contributed by atoms with Gasteiger partial charge in [0.2, 0.25) is 11.8 Å². The largest absolute Gasteiger partial charge is 0.392 e. The van der Waals surface area contributed by atoms with Gasteiger partial charge in [0.25, 0.3) is 0 Å². The summed E-state index contributed by atoms with van der Waals surface area (Å²) in [5, 5.41) is 16.3. The van der Waals surface area contributed by atoms with Crippen molar-refractivity contribution in [2.45, 2.75) is 76.3 Å². The van der Waals surface area contributed by atoms with Crippen LogP contribution in [0.2, 0.25) is 0 Å². The Balaban J connectivity index is 1.22. The summed E-state index contributed by atoms with van der Waals surface area (Å²) in [7, 11) is 1.99. The van der Waals surface area contributed by atoms with E-state index in [0.717, 1.165) is 63.6 Å². The van der Waals surface area contributed by atoms with E-state index < -0.39 is 6.29 Å². The minimum atomic E-state index is -0.545. The number of hydrogen-bond donors (Lipinski definition) is 3. The van der Waals surface area contributed by atoms with Gasteiger partial charge in [0.15, 0.2) is 11.4 Å². The molecule has 1 saturated heterocycles. The number of imidazole rings is 1. The van der Waals surface area contributed by atoms with Crippen molar-refractivity contribution in [2.24, 2.45) is 13.0 Å². The fourth-order valence-electron chi connectivity index (χ4n) is 5.79. The van der Waals surface area contributed by atoms with Crippen LogP contribution in [-0.4, -0.2) is 44.9 Å². The number of amides is 2. The summed E-state index contributed by atoms with van der Waals surface area (Å²) in [6.07, 6.45) is 5.99. The molecular weight excluding hydrogens is 625 g/mol. The van der Waals surface area contributed by atoms with Crippen molar-refractivity contribution in [1.29, 1.82) is 0 Å². The van der Waals surface area contributed by atoms with E-state index in [4.69, 9.17) is 9.47 Å². The summed E-state index contributed by atoms with van der Waals surface area (Å²) in [4.78, 5) is 27.8. The third kappa shape index (κ3) is 9.79. The predicted octanol–water partition coefficient (Wildman–Crippen LogP) is 6.48. The Bertz CT molecular complexity index is 1620. The van der Waals surface area contributed by atoms with E-state index in [-0.39, 0.29) is 36.5 Å². The molecule has 4 atom stereocenters. The number of unbranched alkanes of at least 4 members (excludes halogenated alkanes) is 2. The first-order valence-electron chi connectivity index (χ1n) is 16.6. The van der Waals surface area contributed by atoms with Crippen LogP contribution in [0, 0.1) is 5.92 Å². The molecule has 1 aliphatic heterocycles. The molecule has 5 rings (SSSR count). The average molecular weight is 671 g/mol. The quantitative estimate of drug-likeness (QED) is 0.0981. The fourth-order valence-corrected chi connectivity index (χ4v) is 6.89. The second-order valence-electron chi connectivity index (χ2n) is 12.3. The van der Waals surface area contributed by atoms with Crippen molar-refractivity contribution in [1.82, 2.24) is 20.2 Å². The third-order valence-electron chi connectivity index (χ3n) is 8.66. The number of nitrogens with one attached hydrogen (secondary N) is 2. The Morgan fingerprint density at radius 2 is 1.69 bits per heavy atom. The molecule has 0 aliphatic carbocycles. The molecule has 0 radical (unpaired) electrons. The highest BCUT2D eigenvalue weighted by Crippen LogP contribution is 2.43. The van der Waals surface area contributed by atoms with Gasteiger partial charge in [0.05, 0.1) is 18.8 Å². The number of rotatable bonds is 15. The van der Waals surface area contributed by atoms with Crippen molar-refractivity contribution in [3.63, 3.8) is 0 Å². The zero-order valence-corrected chi connectivity index (χ0v) is 28.7. The molecule has 1 aromatic heterocycles. The number of aromatic nitrogens is 2. The second-order valence-corrected chi connectivity index (χ2v) is 13.3. The van der Waals surface area contributed by atoms with Crippen LogP contribution >= 0.6 is 11.8 Å². The Kier molecular flexibility index (Phi) is 12.8. The normalized spacial score (nSPS) is 19.2. The van der Waals surface area contributed by atoms with Gasteiger partial charge in [-0.15, -0.1) is 0 Å². The van der Waals surface area contributed by atoms with Crippen molar-refractivity contribution in [3.8, 4) is 11.1 Å². The molecule has 1 fully saturated rings. The van der Waals surface area contributed by atoms with Crippen molar-refractivity contribution >= 4 is 23.6 Å². The maximum Gasteiger partial charge on any atom is 0.220 e. The molecule has 4 unspecified atom stereocenters. The molecule has 3 aromatic carbocycles.